The lowest BCUT2D eigenvalue weighted by atomic mass is 9.78. The van der Waals surface area contributed by atoms with Gasteiger partial charge in [-0.1, -0.05) is 30.3 Å². The molecule has 1 heterocycles. The normalized spacial score (nSPS) is 21.3. The van der Waals surface area contributed by atoms with E-state index in [0.29, 0.717) is 5.56 Å². The van der Waals surface area contributed by atoms with E-state index in [-0.39, 0.29) is 17.4 Å². The summed E-state index contributed by atoms with van der Waals surface area (Å²) in [4.78, 5) is 12.4. The summed E-state index contributed by atoms with van der Waals surface area (Å²) < 4.78 is 0. The number of carbonyl (C=O) groups excluding carboxylic acids is 1. The standard InChI is InChI=1S/C18H14N2O/c19-11-12-6-7-14-15(10-12)18(8-9-18)16(20-17(14)21)13-4-2-1-3-5-13/h1-7,10,16H,8-9H2,(H,20,21). The average molecular weight is 274 g/mol. The topological polar surface area (TPSA) is 52.9 Å². The monoisotopic (exact) mass is 274 g/mol. The van der Waals surface area contributed by atoms with Crippen molar-refractivity contribution in [3.63, 3.8) is 0 Å². The Morgan fingerprint density at radius 3 is 2.57 bits per heavy atom. The number of nitrogens with zero attached hydrogens (tertiary/aromatic N) is 1. The lowest BCUT2D eigenvalue weighted by molar-refractivity contribution is 0.0909. The van der Waals surface area contributed by atoms with Crippen molar-refractivity contribution in [2.75, 3.05) is 0 Å². The summed E-state index contributed by atoms with van der Waals surface area (Å²) in [6.07, 6.45) is 2.10. The maximum absolute atomic E-state index is 12.4. The van der Waals surface area contributed by atoms with Gasteiger partial charge in [0.1, 0.15) is 0 Å². The van der Waals surface area contributed by atoms with Crippen LogP contribution in [0.2, 0.25) is 0 Å². The molecule has 2 aliphatic rings. The second kappa shape index (κ2) is 4.20. The van der Waals surface area contributed by atoms with E-state index in [1.54, 1.807) is 12.1 Å². The predicted octanol–water partition coefficient (Wildman–Crippen LogP) is 3.07. The zero-order valence-electron chi connectivity index (χ0n) is 11.5. The molecule has 1 fully saturated rings. The summed E-state index contributed by atoms with van der Waals surface area (Å²) in [5.74, 6) is -0.0409. The lowest BCUT2D eigenvalue weighted by Gasteiger charge is -2.35. The summed E-state index contributed by atoms with van der Waals surface area (Å²) in [6, 6.07) is 17.7. The van der Waals surface area contributed by atoms with E-state index in [2.05, 4.69) is 23.5 Å². The van der Waals surface area contributed by atoms with Crippen LogP contribution < -0.4 is 5.32 Å². The van der Waals surface area contributed by atoms with E-state index in [0.717, 1.165) is 29.5 Å². The zero-order valence-corrected chi connectivity index (χ0v) is 11.5. The SMILES string of the molecule is N#Cc1ccc2c(c1)C1(CC1)C(c1ccccc1)NC2=O. The molecular formula is C18H14N2O. The van der Waals surface area contributed by atoms with Crippen LogP contribution in [-0.4, -0.2) is 5.91 Å². The van der Waals surface area contributed by atoms with E-state index in [1.807, 2.05) is 24.3 Å². The third kappa shape index (κ3) is 1.69. The molecular weight excluding hydrogens is 260 g/mol. The summed E-state index contributed by atoms with van der Waals surface area (Å²) in [7, 11) is 0. The van der Waals surface area contributed by atoms with Gasteiger partial charge in [-0.3, -0.25) is 4.79 Å². The second-order valence-corrected chi connectivity index (χ2v) is 5.85. The van der Waals surface area contributed by atoms with E-state index in [1.165, 1.54) is 0 Å². The number of rotatable bonds is 1. The molecule has 1 aliphatic carbocycles. The van der Waals surface area contributed by atoms with Gasteiger partial charge in [0.05, 0.1) is 17.7 Å². The molecule has 1 aliphatic heterocycles. The second-order valence-electron chi connectivity index (χ2n) is 5.85. The minimum Gasteiger partial charge on any atom is -0.344 e. The first-order valence-corrected chi connectivity index (χ1v) is 7.15. The van der Waals surface area contributed by atoms with E-state index >= 15 is 0 Å². The minimum atomic E-state index is -0.0409. The summed E-state index contributed by atoms with van der Waals surface area (Å²) in [6.45, 7) is 0. The van der Waals surface area contributed by atoms with Crippen LogP contribution in [0.25, 0.3) is 0 Å². The third-order valence-electron chi connectivity index (χ3n) is 4.68. The summed E-state index contributed by atoms with van der Waals surface area (Å²) >= 11 is 0. The van der Waals surface area contributed by atoms with Crippen molar-refractivity contribution in [3.05, 3.63) is 70.8 Å². The molecule has 0 saturated heterocycles. The highest BCUT2D eigenvalue weighted by Gasteiger charge is 2.55. The number of nitrogens with one attached hydrogen (secondary N) is 1. The van der Waals surface area contributed by atoms with Crippen LogP contribution in [0.15, 0.2) is 48.5 Å². The first-order valence-electron chi connectivity index (χ1n) is 7.15. The maximum atomic E-state index is 12.4. The van der Waals surface area contributed by atoms with Crippen LogP contribution in [0.3, 0.4) is 0 Å². The largest absolute Gasteiger partial charge is 0.344 e. The van der Waals surface area contributed by atoms with Gasteiger partial charge in [0, 0.05) is 11.0 Å². The van der Waals surface area contributed by atoms with Crippen molar-refractivity contribution in [2.45, 2.75) is 24.3 Å². The minimum absolute atomic E-state index is 0.00708. The van der Waals surface area contributed by atoms with E-state index < -0.39 is 0 Å². The van der Waals surface area contributed by atoms with Crippen molar-refractivity contribution in [1.82, 2.24) is 5.32 Å². The zero-order chi connectivity index (χ0) is 14.4. The molecule has 21 heavy (non-hydrogen) atoms. The number of carbonyl (C=O) groups is 1. The number of hydrogen-bond acceptors (Lipinski definition) is 2. The third-order valence-corrected chi connectivity index (χ3v) is 4.68. The fourth-order valence-corrected chi connectivity index (χ4v) is 3.47. The summed E-state index contributed by atoms with van der Waals surface area (Å²) in [5, 5.41) is 12.3. The molecule has 2 aromatic rings. The lowest BCUT2D eigenvalue weighted by Crippen LogP contribution is -2.42. The quantitative estimate of drug-likeness (QED) is 0.868. The first kappa shape index (κ1) is 12.2. The van der Waals surface area contributed by atoms with Gasteiger partial charge in [-0.2, -0.15) is 5.26 Å². The number of hydrogen-bond donors (Lipinski definition) is 1. The van der Waals surface area contributed by atoms with Crippen LogP contribution in [-0.2, 0) is 5.41 Å². The highest BCUT2D eigenvalue weighted by Crippen LogP contribution is 2.59. The first-order chi connectivity index (χ1) is 10.2. The van der Waals surface area contributed by atoms with Gasteiger partial charge in [0.15, 0.2) is 0 Å². The molecule has 2 aromatic carbocycles. The Kier molecular flexibility index (Phi) is 2.43. The molecule has 102 valence electrons. The molecule has 0 bridgehead atoms. The average Bonchev–Trinajstić information content (AvgIpc) is 3.33. The van der Waals surface area contributed by atoms with Gasteiger partial charge >= 0.3 is 0 Å². The van der Waals surface area contributed by atoms with Crippen molar-refractivity contribution in [1.29, 1.82) is 5.26 Å². The fraction of sp³-hybridized carbons (Fsp3) is 0.222. The Bertz CT molecular complexity index is 770. The van der Waals surface area contributed by atoms with Gasteiger partial charge in [-0.25, -0.2) is 0 Å². The van der Waals surface area contributed by atoms with Crippen molar-refractivity contribution in [3.8, 4) is 6.07 Å². The number of benzene rings is 2. The van der Waals surface area contributed by atoms with Crippen LogP contribution >= 0.6 is 0 Å². The number of amides is 1. The van der Waals surface area contributed by atoms with Gasteiger partial charge in [0.2, 0.25) is 0 Å². The Labute approximate surface area is 123 Å². The van der Waals surface area contributed by atoms with E-state index in [4.69, 9.17) is 5.26 Å². The predicted molar refractivity (Wildman–Crippen MR) is 78.7 cm³/mol. The number of nitriles is 1. The molecule has 4 rings (SSSR count). The van der Waals surface area contributed by atoms with Crippen LogP contribution in [0.1, 0.15) is 45.9 Å². The van der Waals surface area contributed by atoms with Gasteiger partial charge in [-0.05, 0) is 42.2 Å². The van der Waals surface area contributed by atoms with Gasteiger partial charge < -0.3 is 5.32 Å². The highest BCUT2D eigenvalue weighted by atomic mass is 16.1. The van der Waals surface area contributed by atoms with Crippen LogP contribution in [0.5, 0.6) is 0 Å². The van der Waals surface area contributed by atoms with Crippen molar-refractivity contribution in [2.24, 2.45) is 0 Å². The molecule has 1 saturated carbocycles. The summed E-state index contributed by atoms with van der Waals surface area (Å²) in [5.41, 5.74) is 3.49. The Hall–Kier alpha value is -2.60. The fourth-order valence-electron chi connectivity index (χ4n) is 3.47. The van der Waals surface area contributed by atoms with Crippen LogP contribution in [0.4, 0.5) is 0 Å². The smallest absolute Gasteiger partial charge is 0.252 e. The Morgan fingerprint density at radius 2 is 1.90 bits per heavy atom. The molecule has 1 unspecified atom stereocenters. The Balaban J connectivity index is 1.88. The molecule has 1 N–H and O–H groups in total. The van der Waals surface area contributed by atoms with Crippen molar-refractivity contribution >= 4 is 5.91 Å². The molecule has 1 spiro atoms. The van der Waals surface area contributed by atoms with E-state index in [9.17, 15) is 4.79 Å². The van der Waals surface area contributed by atoms with Gasteiger partial charge in [0.25, 0.3) is 5.91 Å². The molecule has 0 radical (unpaired) electrons. The maximum Gasteiger partial charge on any atom is 0.252 e. The molecule has 1 atom stereocenters. The molecule has 3 nitrogen and oxygen atoms in total. The van der Waals surface area contributed by atoms with Crippen molar-refractivity contribution < 1.29 is 4.79 Å². The highest BCUT2D eigenvalue weighted by molar-refractivity contribution is 5.98. The number of fused-ring (bicyclic) bond motifs is 2. The molecule has 0 aromatic heterocycles. The molecule has 3 heteroatoms. The Morgan fingerprint density at radius 1 is 1.14 bits per heavy atom. The van der Waals surface area contributed by atoms with Gasteiger partial charge in [-0.15, -0.1) is 0 Å². The van der Waals surface area contributed by atoms with Crippen LogP contribution in [0, 0.1) is 11.3 Å². The molecule has 1 amide bonds.